The third-order valence-corrected chi connectivity index (χ3v) is 5.85. The van der Waals surface area contributed by atoms with Crippen molar-refractivity contribution in [1.82, 2.24) is 9.88 Å². The van der Waals surface area contributed by atoms with Gasteiger partial charge in [0, 0.05) is 41.9 Å². The second-order valence-corrected chi connectivity index (χ2v) is 7.97. The highest BCUT2D eigenvalue weighted by Crippen LogP contribution is 2.45. The lowest BCUT2D eigenvalue weighted by Crippen LogP contribution is -2.48. The maximum Gasteiger partial charge on any atom is 0.229 e. The SMILES string of the molecule is CC(C)[C@]1(C(=O)N2CCc3ncc(Br)cc3C2)CC[C@@H](N)C1. The minimum Gasteiger partial charge on any atom is -0.337 e. The number of carbonyl (C=O) groups is 1. The molecular formula is C17H24BrN3O. The molecule has 2 atom stereocenters. The van der Waals surface area contributed by atoms with Crippen molar-refractivity contribution >= 4 is 21.8 Å². The number of hydrogen-bond acceptors (Lipinski definition) is 3. The summed E-state index contributed by atoms with van der Waals surface area (Å²) < 4.78 is 0.974. The molecule has 0 unspecified atom stereocenters. The monoisotopic (exact) mass is 365 g/mol. The Morgan fingerprint density at radius 2 is 2.32 bits per heavy atom. The molecule has 0 radical (unpaired) electrons. The van der Waals surface area contributed by atoms with E-state index in [0.717, 1.165) is 48.0 Å². The predicted octanol–water partition coefficient (Wildman–Crippen LogP) is 2.88. The van der Waals surface area contributed by atoms with Crippen LogP contribution in [0.15, 0.2) is 16.7 Å². The molecule has 4 nitrogen and oxygen atoms in total. The fraction of sp³-hybridized carbons (Fsp3) is 0.647. The molecule has 1 aliphatic carbocycles. The molecule has 1 aromatic heterocycles. The van der Waals surface area contributed by atoms with Crippen LogP contribution in [-0.4, -0.2) is 28.4 Å². The zero-order chi connectivity index (χ0) is 15.9. The van der Waals surface area contributed by atoms with Crippen LogP contribution in [-0.2, 0) is 17.8 Å². The van der Waals surface area contributed by atoms with Gasteiger partial charge in [0.1, 0.15) is 0 Å². The summed E-state index contributed by atoms with van der Waals surface area (Å²) in [6.07, 6.45) is 5.38. The van der Waals surface area contributed by atoms with Crippen molar-refractivity contribution in [2.45, 2.75) is 52.1 Å². The first kappa shape index (κ1) is 15.9. The van der Waals surface area contributed by atoms with E-state index in [1.807, 2.05) is 11.1 Å². The number of nitrogens with two attached hydrogens (primary N) is 1. The van der Waals surface area contributed by atoms with E-state index in [4.69, 9.17) is 5.73 Å². The molecule has 1 aliphatic heterocycles. The molecule has 0 bridgehead atoms. The van der Waals surface area contributed by atoms with E-state index in [1.165, 1.54) is 0 Å². The van der Waals surface area contributed by atoms with Crippen molar-refractivity contribution in [3.05, 3.63) is 28.0 Å². The lowest BCUT2D eigenvalue weighted by molar-refractivity contribution is -0.145. The van der Waals surface area contributed by atoms with Crippen LogP contribution in [0.2, 0.25) is 0 Å². The molecule has 2 N–H and O–H groups in total. The van der Waals surface area contributed by atoms with Gasteiger partial charge in [-0.25, -0.2) is 0 Å². The van der Waals surface area contributed by atoms with E-state index in [2.05, 4.69) is 40.8 Å². The molecule has 120 valence electrons. The maximum absolute atomic E-state index is 13.2. The van der Waals surface area contributed by atoms with Crippen molar-refractivity contribution in [2.75, 3.05) is 6.54 Å². The number of pyridine rings is 1. The van der Waals surface area contributed by atoms with Crippen LogP contribution < -0.4 is 5.73 Å². The fourth-order valence-corrected chi connectivity index (χ4v) is 4.34. The van der Waals surface area contributed by atoms with Crippen LogP contribution in [0.25, 0.3) is 0 Å². The number of amides is 1. The van der Waals surface area contributed by atoms with Gasteiger partial charge in [-0.05, 0) is 52.7 Å². The van der Waals surface area contributed by atoms with Gasteiger partial charge in [-0.1, -0.05) is 13.8 Å². The molecule has 0 aromatic carbocycles. The number of hydrogen-bond donors (Lipinski definition) is 1. The molecule has 2 heterocycles. The van der Waals surface area contributed by atoms with E-state index in [9.17, 15) is 4.79 Å². The minimum absolute atomic E-state index is 0.166. The van der Waals surface area contributed by atoms with Gasteiger partial charge in [0.15, 0.2) is 0 Å². The highest BCUT2D eigenvalue weighted by atomic mass is 79.9. The lowest BCUT2D eigenvalue weighted by Gasteiger charge is -2.39. The second-order valence-electron chi connectivity index (χ2n) is 7.05. The van der Waals surface area contributed by atoms with Crippen LogP contribution in [0.3, 0.4) is 0 Å². The van der Waals surface area contributed by atoms with Gasteiger partial charge in [0.2, 0.25) is 5.91 Å². The van der Waals surface area contributed by atoms with Crippen molar-refractivity contribution in [1.29, 1.82) is 0 Å². The Kier molecular flexibility index (Phi) is 4.29. The molecular weight excluding hydrogens is 342 g/mol. The summed E-state index contributed by atoms with van der Waals surface area (Å²) in [7, 11) is 0. The Labute approximate surface area is 140 Å². The van der Waals surface area contributed by atoms with Crippen molar-refractivity contribution in [3.8, 4) is 0 Å². The summed E-state index contributed by atoms with van der Waals surface area (Å²) in [6.45, 7) is 5.76. The van der Waals surface area contributed by atoms with E-state index < -0.39 is 0 Å². The van der Waals surface area contributed by atoms with Gasteiger partial charge >= 0.3 is 0 Å². The molecule has 1 saturated carbocycles. The van der Waals surface area contributed by atoms with E-state index >= 15 is 0 Å². The first-order chi connectivity index (χ1) is 10.4. The number of rotatable bonds is 2. The number of aromatic nitrogens is 1. The van der Waals surface area contributed by atoms with E-state index in [0.29, 0.717) is 18.4 Å². The molecule has 0 spiro atoms. The number of halogens is 1. The summed E-state index contributed by atoms with van der Waals surface area (Å²) in [5.41, 5.74) is 8.14. The van der Waals surface area contributed by atoms with E-state index in [-0.39, 0.29) is 11.5 Å². The average Bonchev–Trinajstić information content (AvgIpc) is 2.89. The third-order valence-electron chi connectivity index (χ3n) is 5.41. The van der Waals surface area contributed by atoms with Crippen molar-refractivity contribution in [2.24, 2.45) is 17.1 Å². The van der Waals surface area contributed by atoms with Crippen LogP contribution in [0, 0.1) is 11.3 Å². The summed E-state index contributed by atoms with van der Waals surface area (Å²) in [5.74, 6) is 0.622. The lowest BCUT2D eigenvalue weighted by atomic mass is 9.74. The van der Waals surface area contributed by atoms with Gasteiger partial charge in [0.25, 0.3) is 0 Å². The number of nitrogens with zero attached hydrogens (tertiary/aromatic N) is 2. The summed E-state index contributed by atoms with van der Waals surface area (Å²) >= 11 is 3.47. The third kappa shape index (κ3) is 2.69. The zero-order valence-electron chi connectivity index (χ0n) is 13.3. The smallest absolute Gasteiger partial charge is 0.229 e. The standard InChI is InChI=1S/C17H24BrN3O/c1-11(2)17(5-3-14(19)8-17)16(22)21-6-4-15-12(10-21)7-13(18)9-20-15/h7,9,11,14H,3-6,8,10,19H2,1-2H3/t14-,17+/m1/s1. The van der Waals surface area contributed by atoms with Gasteiger partial charge < -0.3 is 10.6 Å². The molecule has 0 saturated heterocycles. The molecule has 5 heteroatoms. The number of fused-ring (bicyclic) bond motifs is 1. The van der Waals surface area contributed by atoms with Gasteiger partial charge in [-0.3, -0.25) is 9.78 Å². The Morgan fingerprint density at radius 1 is 1.55 bits per heavy atom. The molecule has 1 fully saturated rings. The summed E-state index contributed by atoms with van der Waals surface area (Å²) in [4.78, 5) is 19.7. The van der Waals surface area contributed by atoms with Gasteiger partial charge in [-0.2, -0.15) is 0 Å². The van der Waals surface area contributed by atoms with Crippen LogP contribution in [0.5, 0.6) is 0 Å². The summed E-state index contributed by atoms with van der Waals surface area (Å²) in [6, 6.07) is 2.25. The Balaban J connectivity index is 1.84. The zero-order valence-corrected chi connectivity index (χ0v) is 14.9. The van der Waals surface area contributed by atoms with Crippen molar-refractivity contribution in [3.63, 3.8) is 0 Å². The minimum atomic E-state index is -0.267. The predicted molar refractivity (Wildman–Crippen MR) is 90.2 cm³/mol. The first-order valence-electron chi connectivity index (χ1n) is 8.10. The van der Waals surface area contributed by atoms with Crippen LogP contribution in [0.1, 0.15) is 44.4 Å². The molecule has 1 aromatic rings. The normalized spacial score (nSPS) is 28.0. The first-order valence-corrected chi connectivity index (χ1v) is 8.90. The van der Waals surface area contributed by atoms with Crippen LogP contribution in [0.4, 0.5) is 0 Å². The largest absolute Gasteiger partial charge is 0.337 e. The van der Waals surface area contributed by atoms with Gasteiger partial charge in [0.05, 0.1) is 5.41 Å². The summed E-state index contributed by atoms with van der Waals surface area (Å²) in [5, 5.41) is 0. The molecule has 1 amide bonds. The average molecular weight is 366 g/mol. The van der Waals surface area contributed by atoms with Gasteiger partial charge in [-0.15, -0.1) is 0 Å². The Morgan fingerprint density at radius 3 is 2.95 bits per heavy atom. The molecule has 22 heavy (non-hydrogen) atoms. The quantitative estimate of drug-likeness (QED) is 0.876. The van der Waals surface area contributed by atoms with Crippen molar-refractivity contribution < 1.29 is 4.79 Å². The highest BCUT2D eigenvalue weighted by Gasteiger charge is 2.48. The Bertz CT molecular complexity index is 589. The Hall–Kier alpha value is -0.940. The molecule has 2 aliphatic rings. The van der Waals surface area contributed by atoms with Crippen LogP contribution >= 0.6 is 15.9 Å². The second kappa shape index (κ2) is 5.93. The van der Waals surface area contributed by atoms with E-state index in [1.54, 1.807) is 0 Å². The highest BCUT2D eigenvalue weighted by molar-refractivity contribution is 9.10. The maximum atomic E-state index is 13.2. The topological polar surface area (TPSA) is 59.2 Å². The fourth-order valence-electron chi connectivity index (χ4n) is 3.97. The molecule has 3 rings (SSSR count). The number of carbonyl (C=O) groups excluding carboxylic acids is 1.